The molecular weight excluding hydrogens is 434 g/mol. The van der Waals surface area contributed by atoms with E-state index in [0.717, 1.165) is 36.2 Å². The summed E-state index contributed by atoms with van der Waals surface area (Å²) in [6, 6.07) is 16.0. The smallest absolute Gasteiger partial charge is 0.293 e. The Kier molecular flexibility index (Phi) is 5.73. The summed E-state index contributed by atoms with van der Waals surface area (Å²) >= 11 is 0. The number of nitrogens with one attached hydrogen (secondary N) is 1. The average Bonchev–Trinajstić information content (AvgIpc) is 3.46. The van der Waals surface area contributed by atoms with E-state index < -0.39 is 5.91 Å². The van der Waals surface area contributed by atoms with E-state index in [1.807, 2.05) is 43.3 Å². The molecule has 1 amide bonds. The van der Waals surface area contributed by atoms with Gasteiger partial charge in [-0.3, -0.25) is 4.79 Å². The molecule has 172 valence electrons. The number of para-hydroxylation sites is 1. The van der Waals surface area contributed by atoms with Crippen molar-refractivity contribution in [2.24, 2.45) is 5.10 Å². The molecule has 0 radical (unpaired) electrons. The lowest BCUT2D eigenvalue weighted by Gasteiger charge is -2.31. The summed E-state index contributed by atoms with van der Waals surface area (Å²) in [6.45, 7) is 3.19. The summed E-state index contributed by atoms with van der Waals surface area (Å²) in [5.74, 6) is -0.269. The minimum atomic E-state index is -0.495. The van der Waals surface area contributed by atoms with Crippen LogP contribution < -0.4 is 16.1 Å². The second kappa shape index (κ2) is 9.14. The van der Waals surface area contributed by atoms with Crippen LogP contribution in [0.2, 0.25) is 0 Å². The third-order valence-electron chi connectivity index (χ3n) is 5.68. The normalized spacial score (nSPS) is 13.3. The van der Waals surface area contributed by atoms with Gasteiger partial charge in [-0.05, 0) is 47.3 Å². The summed E-state index contributed by atoms with van der Waals surface area (Å²) in [6.07, 6.45) is 3.57. The van der Waals surface area contributed by atoms with Crippen LogP contribution in [0.15, 0.2) is 58.3 Å². The number of aryl methyl sites for hydroxylation is 2. The fourth-order valence-electron chi connectivity index (χ4n) is 3.96. The second-order valence-corrected chi connectivity index (χ2v) is 8.03. The first-order chi connectivity index (χ1) is 16.6. The molecule has 0 aliphatic carbocycles. The van der Waals surface area contributed by atoms with Crippen LogP contribution in [0.1, 0.15) is 39.3 Å². The summed E-state index contributed by atoms with van der Waals surface area (Å²) in [4.78, 5) is 15.2. The topological polar surface area (TPSA) is 140 Å². The molecule has 0 unspecified atom stereocenters. The van der Waals surface area contributed by atoms with Gasteiger partial charge in [0.2, 0.25) is 11.6 Å². The monoisotopic (exact) mass is 457 g/mol. The van der Waals surface area contributed by atoms with Crippen LogP contribution in [-0.2, 0) is 13.0 Å². The summed E-state index contributed by atoms with van der Waals surface area (Å²) in [7, 11) is 0. The first-order valence-corrected chi connectivity index (χ1v) is 10.9. The van der Waals surface area contributed by atoms with Crippen molar-refractivity contribution in [1.82, 2.24) is 30.7 Å². The number of hydrazone groups is 1. The number of benzene rings is 2. The van der Waals surface area contributed by atoms with Crippen molar-refractivity contribution in [2.45, 2.75) is 26.3 Å². The minimum Gasteiger partial charge on any atom is -0.378 e. The molecule has 2 aromatic carbocycles. The average molecular weight is 457 g/mol. The van der Waals surface area contributed by atoms with E-state index in [9.17, 15) is 4.79 Å². The largest absolute Gasteiger partial charge is 0.378 e. The molecule has 34 heavy (non-hydrogen) atoms. The van der Waals surface area contributed by atoms with E-state index in [0.29, 0.717) is 12.2 Å². The molecule has 0 spiro atoms. The highest BCUT2D eigenvalue weighted by atomic mass is 16.6. The fourth-order valence-corrected chi connectivity index (χ4v) is 3.96. The number of nitrogens with two attached hydrogens (primary N) is 1. The van der Waals surface area contributed by atoms with E-state index in [1.54, 1.807) is 6.21 Å². The number of carbonyl (C=O) groups excluding carboxylic acids is 1. The van der Waals surface area contributed by atoms with Crippen LogP contribution in [0.3, 0.4) is 0 Å². The van der Waals surface area contributed by atoms with E-state index in [4.69, 9.17) is 10.4 Å². The fraction of sp³-hybridized carbons (Fsp3) is 0.217. The maximum Gasteiger partial charge on any atom is 0.293 e. The van der Waals surface area contributed by atoms with Gasteiger partial charge in [0.15, 0.2) is 5.69 Å². The number of rotatable bonds is 6. The Bertz CT molecular complexity index is 1340. The lowest BCUT2D eigenvalue weighted by atomic mass is 10.0. The van der Waals surface area contributed by atoms with Crippen LogP contribution in [-0.4, -0.2) is 44.0 Å². The predicted octanol–water partition coefficient (Wildman–Crippen LogP) is 2.26. The lowest BCUT2D eigenvalue weighted by Crippen LogP contribution is -2.31. The Morgan fingerprint density at radius 3 is 2.82 bits per heavy atom. The Hall–Kier alpha value is -4.54. The van der Waals surface area contributed by atoms with Gasteiger partial charge in [-0.25, -0.2) is 10.1 Å². The van der Waals surface area contributed by atoms with Gasteiger partial charge in [0.05, 0.1) is 18.5 Å². The highest BCUT2D eigenvalue weighted by Crippen LogP contribution is 2.29. The molecule has 11 heteroatoms. The van der Waals surface area contributed by atoms with Gasteiger partial charge in [-0.1, -0.05) is 53.2 Å². The zero-order chi connectivity index (χ0) is 23.5. The SMILES string of the molecule is Cc1ccc(C=NNC(=O)c2nnn(-c3nonc3N)c2CN2CCCc3ccccc32)cc1. The Morgan fingerprint density at radius 2 is 2.03 bits per heavy atom. The Labute approximate surface area is 195 Å². The standard InChI is InChI=1S/C23H23N9O2/c1-15-8-10-16(11-9-15)13-25-27-23(33)20-19(32(30-26-20)22-21(24)28-34-29-22)14-31-12-4-6-17-5-2-3-7-18(17)31/h2-3,5,7-11,13H,4,6,12,14H2,1H3,(H2,24,28)(H,27,33). The zero-order valence-corrected chi connectivity index (χ0v) is 18.5. The summed E-state index contributed by atoms with van der Waals surface area (Å²) in [5, 5.41) is 19.8. The molecule has 0 saturated carbocycles. The van der Waals surface area contributed by atoms with E-state index >= 15 is 0 Å². The lowest BCUT2D eigenvalue weighted by molar-refractivity contribution is 0.0949. The van der Waals surface area contributed by atoms with Gasteiger partial charge in [0, 0.05) is 12.2 Å². The molecule has 1 aliphatic rings. The molecule has 2 aromatic heterocycles. The van der Waals surface area contributed by atoms with Gasteiger partial charge in [0.1, 0.15) is 0 Å². The third kappa shape index (κ3) is 4.22. The highest BCUT2D eigenvalue weighted by Gasteiger charge is 2.27. The Morgan fingerprint density at radius 1 is 1.21 bits per heavy atom. The molecule has 3 heterocycles. The molecule has 4 aromatic rings. The number of aromatic nitrogens is 5. The number of fused-ring (bicyclic) bond motifs is 1. The van der Waals surface area contributed by atoms with Gasteiger partial charge in [0.25, 0.3) is 5.91 Å². The van der Waals surface area contributed by atoms with Crippen molar-refractivity contribution in [1.29, 1.82) is 0 Å². The third-order valence-corrected chi connectivity index (χ3v) is 5.68. The number of carbonyl (C=O) groups is 1. The maximum atomic E-state index is 13.0. The maximum absolute atomic E-state index is 13.0. The summed E-state index contributed by atoms with van der Waals surface area (Å²) < 4.78 is 6.13. The molecule has 0 atom stereocenters. The summed E-state index contributed by atoms with van der Waals surface area (Å²) in [5.41, 5.74) is 13.4. The van der Waals surface area contributed by atoms with Crippen molar-refractivity contribution >= 4 is 23.6 Å². The van der Waals surface area contributed by atoms with Crippen LogP contribution in [0.4, 0.5) is 11.5 Å². The Balaban J connectivity index is 1.45. The number of amides is 1. The number of anilines is 2. The van der Waals surface area contributed by atoms with E-state index in [1.165, 1.54) is 10.2 Å². The molecule has 0 saturated heterocycles. The molecular formula is C23H23N9O2. The number of nitrogens with zero attached hydrogens (tertiary/aromatic N) is 7. The predicted molar refractivity (Wildman–Crippen MR) is 126 cm³/mol. The van der Waals surface area contributed by atoms with Gasteiger partial charge < -0.3 is 10.6 Å². The quantitative estimate of drug-likeness (QED) is 0.332. The molecule has 1 aliphatic heterocycles. The molecule has 11 nitrogen and oxygen atoms in total. The van der Waals surface area contributed by atoms with Gasteiger partial charge in [-0.15, -0.1) is 5.10 Å². The van der Waals surface area contributed by atoms with Gasteiger partial charge >= 0.3 is 0 Å². The van der Waals surface area contributed by atoms with Crippen molar-refractivity contribution in [3.8, 4) is 5.82 Å². The van der Waals surface area contributed by atoms with E-state index in [-0.39, 0.29) is 17.3 Å². The van der Waals surface area contributed by atoms with Crippen LogP contribution in [0.5, 0.6) is 0 Å². The number of hydrogen-bond donors (Lipinski definition) is 2. The molecule has 0 fully saturated rings. The van der Waals surface area contributed by atoms with Crippen LogP contribution >= 0.6 is 0 Å². The number of hydrogen-bond acceptors (Lipinski definition) is 9. The highest BCUT2D eigenvalue weighted by molar-refractivity contribution is 5.94. The van der Waals surface area contributed by atoms with Crippen LogP contribution in [0, 0.1) is 6.92 Å². The zero-order valence-electron chi connectivity index (χ0n) is 18.5. The number of nitrogen functional groups attached to an aromatic ring is 1. The van der Waals surface area contributed by atoms with Crippen molar-refractivity contribution < 1.29 is 9.42 Å². The second-order valence-electron chi connectivity index (χ2n) is 8.03. The van der Waals surface area contributed by atoms with Gasteiger partial charge in [-0.2, -0.15) is 9.78 Å². The molecule has 3 N–H and O–H groups in total. The molecule has 0 bridgehead atoms. The van der Waals surface area contributed by atoms with Crippen molar-refractivity contribution in [3.63, 3.8) is 0 Å². The minimum absolute atomic E-state index is 0.0505. The van der Waals surface area contributed by atoms with Crippen molar-refractivity contribution in [2.75, 3.05) is 17.2 Å². The first-order valence-electron chi connectivity index (χ1n) is 10.9. The van der Waals surface area contributed by atoms with Crippen LogP contribution in [0.25, 0.3) is 5.82 Å². The first kappa shape index (κ1) is 21.3. The molecule has 5 rings (SSSR count). The van der Waals surface area contributed by atoms with Crippen molar-refractivity contribution in [3.05, 3.63) is 76.6 Å². The van der Waals surface area contributed by atoms with E-state index in [2.05, 4.69) is 48.2 Å².